The number of carbonyl (C=O) groups is 2. The van der Waals surface area contributed by atoms with Gasteiger partial charge in [0.05, 0.1) is 12.0 Å². The van der Waals surface area contributed by atoms with Gasteiger partial charge in [-0.3, -0.25) is 4.79 Å². The number of amides is 1. The topological polar surface area (TPSA) is 62.5 Å². The molecule has 0 saturated heterocycles. The van der Waals surface area contributed by atoms with Gasteiger partial charge in [0, 0.05) is 31.2 Å². The lowest BCUT2D eigenvalue weighted by molar-refractivity contribution is -0.117. The summed E-state index contributed by atoms with van der Waals surface area (Å²) in [6.45, 7) is 6.29. The van der Waals surface area contributed by atoms with Gasteiger partial charge in [-0.05, 0) is 44.0 Å². The molecule has 1 heterocycles. The molecule has 0 unspecified atom stereocenters. The van der Waals surface area contributed by atoms with Crippen molar-refractivity contribution in [2.75, 3.05) is 11.9 Å². The van der Waals surface area contributed by atoms with Gasteiger partial charge < -0.3 is 14.6 Å². The van der Waals surface area contributed by atoms with Gasteiger partial charge in [0.25, 0.3) is 0 Å². The molecule has 0 aliphatic carbocycles. The van der Waals surface area contributed by atoms with E-state index in [2.05, 4.69) is 0 Å². The smallest absolute Gasteiger partial charge is 0.337 e. The second-order valence-corrected chi connectivity index (χ2v) is 5.69. The number of anilines is 1. The maximum atomic E-state index is 12.6. The Morgan fingerprint density at radius 3 is 2.52 bits per heavy atom. The van der Waals surface area contributed by atoms with Gasteiger partial charge in [-0.25, -0.2) is 4.79 Å². The number of benzene rings is 1. The molecular formula is C18H22N2O3. The Morgan fingerprint density at radius 1 is 1.26 bits per heavy atom. The van der Waals surface area contributed by atoms with Gasteiger partial charge in [0.2, 0.25) is 5.91 Å². The van der Waals surface area contributed by atoms with Crippen LogP contribution in [0.5, 0.6) is 0 Å². The lowest BCUT2D eigenvalue weighted by Crippen LogP contribution is -2.29. The zero-order valence-electron chi connectivity index (χ0n) is 14.0. The molecule has 0 atom stereocenters. The molecule has 5 heteroatoms. The largest absolute Gasteiger partial charge is 0.478 e. The Bertz CT molecular complexity index is 747. The number of carboxylic acids is 1. The number of aryl methyl sites for hydroxylation is 3. The predicted molar refractivity (Wildman–Crippen MR) is 90.1 cm³/mol. The van der Waals surface area contributed by atoms with Gasteiger partial charge in [0.1, 0.15) is 0 Å². The van der Waals surface area contributed by atoms with Crippen molar-refractivity contribution in [2.24, 2.45) is 0 Å². The second-order valence-electron chi connectivity index (χ2n) is 5.69. The number of likely N-dealkylation sites (N-methyl/N-ethyl adjacent to an activating group) is 1. The van der Waals surface area contributed by atoms with E-state index in [0.29, 0.717) is 17.8 Å². The molecule has 0 aliphatic heterocycles. The standard InChI is InChI=1S/C18H22N2O3/c1-5-20-11-13(3)17(18(22)23)15(20)10-16(21)19(4)14-8-6-7-12(2)9-14/h6-9,11H,5,10H2,1-4H3,(H,22,23). The number of rotatable bonds is 5. The third kappa shape index (κ3) is 3.44. The minimum absolute atomic E-state index is 0.0632. The van der Waals surface area contributed by atoms with Gasteiger partial charge in [-0.15, -0.1) is 0 Å². The van der Waals surface area contributed by atoms with Crippen LogP contribution < -0.4 is 4.90 Å². The van der Waals surface area contributed by atoms with Gasteiger partial charge in [0.15, 0.2) is 0 Å². The van der Waals surface area contributed by atoms with Crippen LogP contribution in [0.25, 0.3) is 0 Å². The molecule has 23 heavy (non-hydrogen) atoms. The summed E-state index contributed by atoms with van der Waals surface area (Å²) < 4.78 is 1.83. The van der Waals surface area contributed by atoms with Crippen molar-refractivity contribution in [3.63, 3.8) is 0 Å². The number of carbonyl (C=O) groups excluding carboxylic acids is 1. The first-order chi connectivity index (χ1) is 10.8. The summed E-state index contributed by atoms with van der Waals surface area (Å²) in [6.07, 6.45) is 1.85. The van der Waals surface area contributed by atoms with Crippen molar-refractivity contribution in [3.8, 4) is 0 Å². The Kier molecular flexibility index (Phi) is 4.89. The number of hydrogen-bond donors (Lipinski definition) is 1. The third-order valence-electron chi connectivity index (χ3n) is 4.02. The first-order valence-corrected chi connectivity index (χ1v) is 7.60. The molecule has 0 radical (unpaired) electrons. The summed E-state index contributed by atoms with van der Waals surface area (Å²) >= 11 is 0. The number of nitrogens with zero attached hydrogens (tertiary/aromatic N) is 2. The molecule has 1 amide bonds. The van der Waals surface area contributed by atoms with Crippen molar-refractivity contribution >= 4 is 17.6 Å². The molecule has 122 valence electrons. The minimum atomic E-state index is -0.990. The van der Waals surface area contributed by atoms with Crippen LogP contribution in [-0.4, -0.2) is 28.6 Å². The second kappa shape index (κ2) is 6.69. The van der Waals surface area contributed by atoms with Gasteiger partial charge in [-0.2, -0.15) is 0 Å². The SMILES string of the molecule is CCn1cc(C)c(C(=O)O)c1CC(=O)N(C)c1cccc(C)c1. The van der Waals surface area contributed by atoms with Crippen molar-refractivity contribution < 1.29 is 14.7 Å². The quantitative estimate of drug-likeness (QED) is 0.922. The fourth-order valence-corrected chi connectivity index (χ4v) is 2.75. The molecule has 1 aromatic carbocycles. The molecule has 2 aromatic rings. The monoisotopic (exact) mass is 314 g/mol. The van der Waals surface area contributed by atoms with Crippen LogP contribution in [0.15, 0.2) is 30.5 Å². The van der Waals surface area contributed by atoms with Crippen molar-refractivity contribution in [1.82, 2.24) is 4.57 Å². The normalized spacial score (nSPS) is 10.6. The van der Waals surface area contributed by atoms with Gasteiger partial charge in [-0.1, -0.05) is 12.1 Å². The minimum Gasteiger partial charge on any atom is -0.478 e. The Labute approximate surface area is 136 Å². The Hall–Kier alpha value is -2.56. The first kappa shape index (κ1) is 16.8. The zero-order chi connectivity index (χ0) is 17.1. The van der Waals surface area contributed by atoms with E-state index < -0.39 is 5.97 Å². The molecule has 0 aliphatic rings. The third-order valence-corrected chi connectivity index (χ3v) is 4.02. The summed E-state index contributed by atoms with van der Waals surface area (Å²) in [5.41, 5.74) is 3.35. The van der Waals surface area contributed by atoms with Crippen molar-refractivity contribution in [1.29, 1.82) is 0 Å². The maximum absolute atomic E-state index is 12.6. The fourth-order valence-electron chi connectivity index (χ4n) is 2.75. The molecule has 0 fully saturated rings. The van der Waals surface area contributed by atoms with Crippen LogP contribution in [0, 0.1) is 13.8 Å². The van der Waals surface area contributed by atoms with Crippen LogP contribution in [0.2, 0.25) is 0 Å². The van der Waals surface area contributed by atoms with Crippen LogP contribution in [0.4, 0.5) is 5.69 Å². The number of carboxylic acid groups (broad SMARTS) is 1. The maximum Gasteiger partial charge on any atom is 0.337 e. The highest BCUT2D eigenvalue weighted by atomic mass is 16.4. The summed E-state index contributed by atoms with van der Waals surface area (Å²) in [6, 6.07) is 7.67. The van der Waals surface area contributed by atoms with E-state index in [9.17, 15) is 14.7 Å². The van der Waals surface area contributed by atoms with E-state index in [1.54, 1.807) is 25.1 Å². The van der Waals surface area contributed by atoms with Crippen molar-refractivity contribution in [3.05, 3.63) is 52.8 Å². The molecule has 5 nitrogen and oxygen atoms in total. The van der Waals surface area contributed by atoms with Crippen LogP contribution >= 0.6 is 0 Å². The van der Waals surface area contributed by atoms with E-state index in [-0.39, 0.29) is 17.9 Å². The zero-order valence-corrected chi connectivity index (χ0v) is 14.0. The van der Waals surface area contributed by atoms with Gasteiger partial charge >= 0.3 is 5.97 Å². The highest BCUT2D eigenvalue weighted by molar-refractivity contribution is 5.97. The first-order valence-electron chi connectivity index (χ1n) is 7.60. The molecule has 2 rings (SSSR count). The number of hydrogen-bond acceptors (Lipinski definition) is 2. The van der Waals surface area contributed by atoms with E-state index in [0.717, 1.165) is 11.3 Å². The number of aromatic carboxylic acids is 1. The molecular weight excluding hydrogens is 292 g/mol. The van der Waals surface area contributed by atoms with Crippen LogP contribution in [-0.2, 0) is 17.8 Å². The molecule has 0 bridgehead atoms. The number of aromatic nitrogens is 1. The fraction of sp³-hybridized carbons (Fsp3) is 0.333. The van der Waals surface area contributed by atoms with E-state index in [1.165, 1.54) is 0 Å². The average Bonchev–Trinajstić information content (AvgIpc) is 2.82. The van der Waals surface area contributed by atoms with Crippen molar-refractivity contribution in [2.45, 2.75) is 33.7 Å². The van der Waals surface area contributed by atoms with Crippen LogP contribution in [0.3, 0.4) is 0 Å². The summed E-state index contributed by atoms with van der Waals surface area (Å²) in [5.74, 6) is -1.12. The predicted octanol–water partition coefficient (Wildman–Crippen LogP) is 3.03. The molecule has 0 saturated carbocycles. The highest BCUT2D eigenvalue weighted by Gasteiger charge is 2.22. The molecule has 0 spiro atoms. The van der Waals surface area contributed by atoms with E-state index >= 15 is 0 Å². The lowest BCUT2D eigenvalue weighted by atomic mass is 10.1. The summed E-state index contributed by atoms with van der Waals surface area (Å²) in [5, 5.41) is 9.42. The summed E-state index contributed by atoms with van der Waals surface area (Å²) in [4.78, 5) is 25.7. The van der Waals surface area contributed by atoms with Crippen LogP contribution in [0.1, 0.15) is 34.1 Å². The Balaban J connectivity index is 2.31. The lowest BCUT2D eigenvalue weighted by Gasteiger charge is -2.19. The summed E-state index contributed by atoms with van der Waals surface area (Å²) in [7, 11) is 1.71. The highest BCUT2D eigenvalue weighted by Crippen LogP contribution is 2.21. The van der Waals surface area contributed by atoms with E-state index in [4.69, 9.17) is 0 Å². The van der Waals surface area contributed by atoms with E-state index in [1.807, 2.05) is 42.7 Å². The average molecular weight is 314 g/mol. The molecule has 1 N–H and O–H groups in total. The molecule has 1 aromatic heterocycles. The Morgan fingerprint density at radius 2 is 1.96 bits per heavy atom.